The van der Waals surface area contributed by atoms with E-state index < -0.39 is 5.97 Å². The van der Waals surface area contributed by atoms with E-state index in [1.807, 2.05) is 57.2 Å². The number of ether oxygens (including phenoxy) is 2. The van der Waals surface area contributed by atoms with Gasteiger partial charge in [0.2, 0.25) is 0 Å². The average Bonchev–Trinajstić information content (AvgIpc) is 2.62. The third kappa shape index (κ3) is 5.84. The van der Waals surface area contributed by atoms with Crippen molar-refractivity contribution in [1.82, 2.24) is 0 Å². The second-order valence-corrected chi connectivity index (χ2v) is 6.92. The molecule has 0 fully saturated rings. The molecule has 2 rings (SSSR count). The predicted octanol–water partition coefficient (Wildman–Crippen LogP) is 4.30. The first-order chi connectivity index (χ1) is 12.8. The Bertz CT molecular complexity index is 827. The third-order valence-electron chi connectivity index (χ3n) is 4.46. The molecule has 0 saturated heterocycles. The maximum absolute atomic E-state index is 12.0. The fraction of sp³-hybridized carbons (Fsp3) is 0.364. The lowest BCUT2D eigenvalue weighted by Gasteiger charge is -2.13. The topological polar surface area (TPSA) is 64.6 Å². The molecule has 27 heavy (non-hydrogen) atoms. The molecule has 0 radical (unpaired) electrons. The first-order valence-corrected chi connectivity index (χ1v) is 9.03. The Balaban J connectivity index is 1.80. The van der Waals surface area contributed by atoms with Crippen LogP contribution >= 0.6 is 0 Å². The van der Waals surface area contributed by atoms with Crippen LogP contribution in [0, 0.1) is 20.8 Å². The van der Waals surface area contributed by atoms with Crippen LogP contribution in [0.15, 0.2) is 36.4 Å². The summed E-state index contributed by atoms with van der Waals surface area (Å²) in [5.74, 6) is 0.0686. The molecular formula is C22H27NO4. The quantitative estimate of drug-likeness (QED) is 0.739. The number of carbonyl (C=O) groups excluding carboxylic acids is 2. The first kappa shape index (κ1) is 20.5. The van der Waals surface area contributed by atoms with Gasteiger partial charge in [0.1, 0.15) is 5.75 Å². The van der Waals surface area contributed by atoms with Gasteiger partial charge in [0.05, 0.1) is 0 Å². The molecule has 0 aromatic heterocycles. The minimum atomic E-state index is -0.586. The Hall–Kier alpha value is -2.82. The molecule has 5 heteroatoms. The molecule has 0 unspecified atom stereocenters. The van der Waals surface area contributed by atoms with Crippen LogP contribution < -0.4 is 10.1 Å². The number of benzene rings is 2. The van der Waals surface area contributed by atoms with Gasteiger partial charge in [0, 0.05) is 5.69 Å². The van der Waals surface area contributed by atoms with Crippen LogP contribution in [-0.4, -0.2) is 25.1 Å². The molecule has 0 aliphatic carbocycles. The van der Waals surface area contributed by atoms with Crippen molar-refractivity contribution in [3.63, 3.8) is 0 Å². The fourth-order valence-corrected chi connectivity index (χ4v) is 2.79. The SMILES string of the molecule is Cc1cc(OCC(=O)OCC(=O)Nc2cccc(C)c2C)ccc1C(C)C. The number of hydrogen-bond donors (Lipinski definition) is 1. The average molecular weight is 369 g/mol. The van der Waals surface area contributed by atoms with Gasteiger partial charge in [-0.15, -0.1) is 0 Å². The van der Waals surface area contributed by atoms with Crippen LogP contribution in [0.1, 0.15) is 42.0 Å². The highest BCUT2D eigenvalue weighted by atomic mass is 16.6. The van der Waals surface area contributed by atoms with E-state index in [0.29, 0.717) is 17.4 Å². The highest BCUT2D eigenvalue weighted by Gasteiger charge is 2.11. The molecule has 1 N–H and O–H groups in total. The van der Waals surface area contributed by atoms with Crippen molar-refractivity contribution in [3.8, 4) is 5.75 Å². The van der Waals surface area contributed by atoms with Crippen molar-refractivity contribution < 1.29 is 19.1 Å². The molecule has 5 nitrogen and oxygen atoms in total. The number of hydrogen-bond acceptors (Lipinski definition) is 4. The minimum Gasteiger partial charge on any atom is -0.482 e. The van der Waals surface area contributed by atoms with Gasteiger partial charge in [-0.05, 0) is 67.1 Å². The summed E-state index contributed by atoms with van der Waals surface area (Å²) in [6.45, 7) is 9.58. The summed E-state index contributed by atoms with van der Waals surface area (Å²) < 4.78 is 10.4. The summed E-state index contributed by atoms with van der Waals surface area (Å²) >= 11 is 0. The number of rotatable bonds is 7. The van der Waals surface area contributed by atoms with E-state index in [4.69, 9.17) is 9.47 Å². The van der Waals surface area contributed by atoms with E-state index in [9.17, 15) is 9.59 Å². The summed E-state index contributed by atoms with van der Waals surface area (Å²) in [5, 5.41) is 2.75. The highest BCUT2D eigenvalue weighted by Crippen LogP contribution is 2.23. The fourth-order valence-electron chi connectivity index (χ4n) is 2.79. The normalized spacial score (nSPS) is 10.6. The van der Waals surface area contributed by atoms with Gasteiger partial charge < -0.3 is 14.8 Å². The molecule has 0 aliphatic rings. The lowest BCUT2D eigenvalue weighted by molar-refractivity contribution is -0.149. The Morgan fingerprint density at radius 3 is 2.41 bits per heavy atom. The Labute approximate surface area is 160 Å². The molecule has 1 amide bonds. The summed E-state index contributed by atoms with van der Waals surface area (Å²) in [6, 6.07) is 11.4. The van der Waals surface area contributed by atoms with Gasteiger partial charge in [-0.3, -0.25) is 4.79 Å². The van der Waals surface area contributed by atoms with Crippen LogP contribution in [-0.2, 0) is 14.3 Å². The minimum absolute atomic E-state index is 0.239. The van der Waals surface area contributed by atoms with E-state index >= 15 is 0 Å². The van der Waals surface area contributed by atoms with E-state index in [2.05, 4.69) is 19.2 Å². The molecule has 144 valence electrons. The van der Waals surface area contributed by atoms with E-state index in [0.717, 1.165) is 16.7 Å². The van der Waals surface area contributed by atoms with E-state index in [1.54, 1.807) is 0 Å². The van der Waals surface area contributed by atoms with Crippen molar-refractivity contribution in [2.75, 3.05) is 18.5 Å². The lowest BCUT2D eigenvalue weighted by atomic mass is 9.98. The van der Waals surface area contributed by atoms with Gasteiger partial charge in [0.15, 0.2) is 13.2 Å². The Morgan fingerprint density at radius 2 is 1.74 bits per heavy atom. The monoisotopic (exact) mass is 369 g/mol. The number of nitrogens with one attached hydrogen (secondary N) is 1. The van der Waals surface area contributed by atoms with Gasteiger partial charge in [-0.1, -0.05) is 32.0 Å². The molecule has 0 aliphatic heterocycles. The molecule has 0 bridgehead atoms. The predicted molar refractivity (Wildman–Crippen MR) is 106 cm³/mol. The molecule has 0 heterocycles. The smallest absolute Gasteiger partial charge is 0.344 e. The number of carbonyl (C=O) groups is 2. The Morgan fingerprint density at radius 1 is 1.00 bits per heavy atom. The van der Waals surface area contributed by atoms with Crippen molar-refractivity contribution in [2.24, 2.45) is 0 Å². The number of amides is 1. The zero-order valence-electron chi connectivity index (χ0n) is 16.6. The molecular weight excluding hydrogens is 342 g/mol. The number of aryl methyl sites for hydroxylation is 2. The number of anilines is 1. The maximum atomic E-state index is 12.0. The van der Waals surface area contributed by atoms with Gasteiger partial charge >= 0.3 is 5.97 Å². The van der Waals surface area contributed by atoms with Gasteiger partial charge in [0.25, 0.3) is 5.91 Å². The maximum Gasteiger partial charge on any atom is 0.344 e. The van der Waals surface area contributed by atoms with Gasteiger partial charge in [-0.25, -0.2) is 4.79 Å². The van der Waals surface area contributed by atoms with Crippen molar-refractivity contribution in [2.45, 2.75) is 40.5 Å². The molecule has 0 spiro atoms. The first-order valence-electron chi connectivity index (χ1n) is 9.03. The molecule has 2 aromatic rings. The second-order valence-electron chi connectivity index (χ2n) is 6.92. The van der Waals surface area contributed by atoms with E-state index in [1.165, 1.54) is 5.56 Å². The summed E-state index contributed by atoms with van der Waals surface area (Å²) in [5.41, 5.74) is 5.14. The van der Waals surface area contributed by atoms with Crippen LogP contribution in [0.25, 0.3) is 0 Å². The largest absolute Gasteiger partial charge is 0.482 e. The summed E-state index contributed by atoms with van der Waals surface area (Å²) in [7, 11) is 0. The lowest BCUT2D eigenvalue weighted by Crippen LogP contribution is -2.24. The zero-order chi connectivity index (χ0) is 20.0. The van der Waals surface area contributed by atoms with Gasteiger partial charge in [-0.2, -0.15) is 0 Å². The van der Waals surface area contributed by atoms with Crippen molar-refractivity contribution in [1.29, 1.82) is 0 Å². The number of esters is 1. The second kappa shape index (κ2) is 9.21. The molecule has 2 aromatic carbocycles. The third-order valence-corrected chi connectivity index (χ3v) is 4.46. The van der Waals surface area contributed by atoms with Crippen LogP contribution in [0.4, 0.5) is 5.69 Å². The van der Waals surface area contributed by atoms with Crippen LogP contribution in [0.3, 0.4) is 0 Å². The molecule has 0 saturated carbocycles. The van der Waals surface area contributed by atoms with E-state index in [-0.39, 0.29) is 19.1 Å². The summed E-state index contributed by atoms with van der Waals surface area (Å²) in [6.07, 6.45) is 0. The van der Waals surface area contributed by atoms with Crippen molar-refractivity contribution >= 4 is 17.6 Å². The molecule has 0 atom stereocenters. The van der Waals surface area contributed by atoms with Crippen LogP contribution in [0.5, 0.6) is 5.75 Å². The standard InChI is InChI=1S/C22H27NO4/c1-14(2)19-10-9-18(11-16(19)4)26-13-22(25)27-12-21(24)23-20-8-6-7-15(3)17(20)5/h6-11,14H,12-13H2,1-5H3,(H,23,24). The Kier molecular flexibility index (Phi) is 6.99. The summed E-state index contributed by atoms with van der Waals surface area (Å²) in [4.78, 5) is 23.8. The zero-order valence-corrected chi connectivity index (χ0v) is 16.6. The van der Waals surface area contributed by atoms with Crippen molar-refractivity contribution in [3.05, 3.63) is 58.7 Å². The highest BCUT2D eigenvalue weighted by molar-refractivity contribution is 5.93. The van der Waals surface area contributed by atoms with Crippen LogP contribution in [0.2, 0.25) is 0 Å².